The van der Waals surface area contributed by atoms with Crippen molar-refractivity contribution in [2.45, 2.75) is 19.8 Å². The van der Waals surface area contributed by atoms with Gasteiger partial charge in [0.05, 0.1) is 6.42 Å². The third kappa shape index (κ3) is 4.67. The Balaban J connectivity index is 1.27. The normalized spacial score (nSPS) is 20.6. The summed E-state index contributed by atoms with van der Waals surface area (Å²) in [5.74, 6) is 0.600. The number of benzene rings is 1. The van der Waals surface area contributed by atoms with Gasteiger partial charge >= 0.3 is 0 Å². The fraction of sp³-hybridized carbons (Fsp3) is 0.391. The number of nitrogens with zero attached hydrogens (tertiary/aromatic N) is 3. The lowest BCUT2D eigenvalue weighted by Gasteiger charge is -2.34. The maximum atomic E-state index is 12.8. The molecule has 30 heavy (non-hydrogen) atoms. The van der Waals surface area contributed by atoms with E-state index in [1.165, 1.54) is 0 Å². The highest BCUT2D eigenvalue weighted by molar-refractivity contribution is 5.97. The minimum absolute atomic E-state index is 0.0332. The molecule has 156 valence electrons. The van der Waals surface area contributed by atoms with E-state index in [2.05, 4.69) is 17.2 Å². The molecule has 7 heteroatoms. The first-order valence-corrected chi connectivity index (χ1v) is 10.4. The zero-order valence-electron chi connectivity index (χ0n) is 17.1. The van der Waals surface area contributed by atoms with Gasteiger partial charge in [0.25, 0.3) is 5.91 Å². The summed E-state index contributed by atoms with van der Waals surface area (Å²) < 4.78 is 0. The molecule has 1 aromatic carbocycles. The molecule has 1 aliphatic heterocycles. The first kappa shape index (κ1) is 20.1. The summed E-state index contributed by atoms with van der Waals surface area (Å²) in [5.41, 5.74) is 2.05. The van der Waals surface area contributed by atoms with Crippen LogP contribution in [0.25, 0.3) is 0 Å². The highest BCUT2D eigenvalue weighted by atomic mass is 16.2. The zero-order valence-corrected chi connectivity index (χ0v) is 17.1. The molecule has 1 saturated heterocycles. The number of carbonyl (C=O) groups excluding carboxylic acids is 3. The number of nitrogens with one attached hydrogen (secondary N) is 1. The average Bonchev–Trinajstić information content (AvgIpc) is 3.51. The molecule has 3 amide bonds. The lowest BCUT2D eigenvalue weighted by Crippen LogP contribution is -2.51. The molecule has 2 unspecified atom stereocenters. The molecule has 1 saturated carbocycles. The van der Waals surface area contributed by atoms with Gasteiger partial charge in [-0.15, -0.1) is 0 Å². The number of hydrogen-bond donors (Lipinski definition) is 1. The van der Waals surface area contributed by atoms with Crippen molar-refractivity contribution in [1.82, 2.24) is 14.8 Å². The second kappa shape index (κ2) is 8.65. The average molecular weight is 406 g/mol. The third-order valence-electron chi connectivity index (χ3n) is 5.82. The van der Waals surface area contributed by atoms with Gasteiger partial charge in [0.1, 0.15) is 0 Å². The Morgan fingerprint density at radius 2 is 1.67 bits per heavy atom. The fourth-order valence-electron chi connectivity index (χ4n) is 3.73. The van der Waals surface area contributed by atoms with Crippen molar-refractivity contribution < 1.29 is 14.4 Å². The van der Waals surface area contributed by atoms with Crippen LogP contribution >= 0.6 is 0 Å². The van der Waals surface area contributed by atoms with Crippen LogP contribution in [0.15, 0.2) is 48.7 Å². The summed E-state index contributed by atoms with van der Waals surface area (Å²) in [7, 11) is 0. The van der Waals surface area contributed by atoms with E-state index in [9.17, 15) is 14.4 Å². The molecule has 0 spiro atoms. The van der Waals surface area contributed by atoms with Gasteiger partial charge in [-0.1, -0.05) is 13.0 Å². The van der Waals surface area contributed by atoms with Crippen LogP contribution in [0.3, 0.4) is 0 Å². The van der Waals surface area contributed by atoms with E-state index in [-0.39, 0.29) is 30.1 Å². The Bertz CT molecular complexity index is 921. The molecule has 2 aliphatic rings. The predicted octanol–water partition coefficient (Wildman–Crippen LogP) is 2.20. The van der Waals surface area contributed by atoms with Gasteiger partial charge in [0.2, 0.25) is 11.8 Å². The van der Waals surface area contributed by atoms with Crippen LogP contribution in [0.5, 0.6) is 0 Å². The summed E-state index contributed by atoms with van der Waals surface area (Å²) in [6.45, 7) is 4.11. The summed E-state index contributed by atoms with van der Waals surface area (Å²) in [6.07, 6.45) is 2.91. The lowest BCUT2D eigenvalue weighted by atomic mass is 10.1. The van der Waals surface area contributed by atoms with Crippen molar-refractivity contribution in [1.29, 1.82) is 0 Å². The molecule has 2 heterocycles. The summed E-state index contributed by atoms with van der Waals surface area (Å²) in [4.78, 5) is 45.0. The molecule has 0 bridgehead atoms. The van der Waals surface area contributed by atoms with E-state index in [0.29, 0.717) is 43.3 Å². The van der Waals surface area contributed by atoms with Crippen LogP contribution in [-0.4, -0.2) is 58.7 Å². The summed E-state index contributed by atoms with van der Waals surface area (Å²) in [6, 6.07) is 12.6. The van der Waals surface area contributed by atoms with Gasteiger partial charge in [0.15, 0.2) is 0 Å². The Labute approximate surface area is 176 Å². The number of anilines is 1. The fourth-order valence-corrected chi connectivity index (χ4v) is 3.73. The molecule has 1 aromatic heterocycles. The van der Waals surface area contributed by atoms with Gasteiger partial charge < -0.3 is 15.1 Å². The quantitative estimate of drug-likeness (QED) is 0.825. The Morgan fingerprint density at radius 1 is 1.00 bits per heavy atom. The molecule has 2 fully saturated rings. The molecule has 0 radical (unpaired) electrons. The maximum absolute atomic E-state index is 12.8. The van der Waals surface area contributed by atoms with Crippen molar-refractivity contribution in [2.24, 2.45) is 11.8 Å². The van der Waals surface area contributed by atoms with Crippen molar-refractivity contribution >= 4 is 23.4 Å². The molecule has 1 N–H and O–H groups in total. The minimum Gasteiger partial charge on any atom is -0.339 e. The number of amides is 3. The molecule has 2 atom stereocenters. The van der Waals surface area contributed by atoms with Crippen LogP contribution in [0.4, 0.5) is 5.69 Å². The Kier molecular flexibility index (Phi) is 5.79. The number of aromatic nitrogens is 1. The standard InChI is InChI=1S/C23H26N4O3/c1-16-14-20(16)22(29)25-18-7-5-17(6-8-18)23(30)27-12-10-26(11-13-27)21(28)15-19-4-2-3-9-24-19/h2-9,16,20H,10-15H2,1H3,(H,25,29). The minimum atomic E-state index is -0.0551. The second-order valence-corrected chi connectivity index (χ2v) is 8.06. The lowest BCUT2D eigenvalue weighted by molar-refractivity contribution is -0.132. The highest BCUT2D eigenvalue weighted by Crippen LogP contribution is 2.38. The SMILES string of the molecule is CC1CC1C(=O)Nc1ccc(C(=O)N2CCN(C(=O)Cc3ccccn3)CC2)cc1. The van der Waals surface area contributed by atoms with E-state index >= 15 is 0 Å². The molecular formula is C23H26N4O3. The summed E-state index contributed by atoms with van der Waals surface area (Å²) in [5, 5.41) is 2.91. The zero-order chi connectivity index (χ0) is 21.1. The highest BCUT2D eigenvalue weighted by Gasteiger charge is 2.39. The molecule has 7 nitrogen and oxygen atoms in total. The van der Waals surface area contributed by atoms with Gasteiger partial charge in [-0.2, -0.15) is 0 Å². The van der Waals surface area contributed by atoms with Gasteiger partial charge in [-0.05, 0) is 48.7 Å². The van der Waals surface area contributed by atoms with Crippen LogP contribution in [0.2, 0.25) is 0 Å². The number of hydrogen-bond acceptors (Lipinski definition) is 4. The first-order valence-electron chi connectivity index (χ1n) is 10.4. The van der Waals surface area contributed by atoms with Gasteiger partial charge in [0, 0.05) is 55.2 Å². The van der Waals surface area contributed by atoms with E-state index in [1.54, 1.807) is 40.3 Å². The van der Waals surface area contributed by atoms with Gasteiger partial charge in [-0.25, -0.2) is 0 Å². The van der Waals surface area contributed by atoms with Crippen LogP contribution in [0.1, 0.15) is 29.4 Å². The molecule has 2 aromatic rings. The van der Waals surface area contributed by atoms with Crippen molar-refractivity contribution in [3.8, 4) is 0 Å². The monoisotopic (exact) mass is 406 g/mol. The Morgan fingerprint density at radius 3 is 2.27 bits per heavy atom. The van der Waals surface area contributed by atoms with Crippen LogP contribution < -0.4 is 5.32 Å². The maximum Gasteiger partial charge on any atom is 0.253 e. The van der Waals surface area contributed by atoms with E-state index in [4.69, 9.17) is 0 Å². The van der Waals surface area contributed by atoms with Crippen molar-refractivity contribution in [2.75, 3.05) is 31.5 Å². The largest absolute Gasteiger partial charge is 0.339 e. The van der Waals surface area contributed by atoms with Crippen molar-refractivity contribution in [3.05, 3.63) is 59.9 Å². The third-order valence-corrected chi connectivity index (χ3v) is 5.82. The number of rotatable bonds is 5. The number of piperazine rings is 1. The van der Waals surface area contributed by atoms with E-state index in [0.717, 1.165) is 12.1 Å². The van der Waals surface area contributed by atoms with Crippen molar-refractivity contribution in [3.63, 3.8) is 0 Å². The van der Waals surface area contributed by atoms with Gasteiger partial charge in [-0.3, -0.25) is 19.4 Å². The first-order chi connectivity index (χ1) is 14.5. The molecular weight excluding hydrogens is 380 g/mol. The molecule has 1 aliphatic carbocycles. The van der Waals surface area contributed by atoms with E-state index in [1.807, 2.05) is 18.2 Å². The Hall–Kier alpha value is -3.22. The summed E-state index contributed by atoms with van der Waals surface area (Å²) >= 11 is 0. The second-order valence-electron chi connectivity index (χ2n) is 8.06. The van der Waals surface area contributed by atoms with Crippen LogP contribution in [0, 0.1) is 11.8 Å². The number of carbonyl (C=O) groups is 3. The molecule has 4 rings (SSSR count). The predicted molar refractivity (Wildman–Crippen MR) is 113 cm³/mol. The van der Waals surface area contributed by atoms with E-state index < -0.39 is 0 Å². The topological polar surface area (TPSA) is 82.6 Å². The number of pyridine rings is 1. The smallest absolute Gasteiger partial charge is 0.253 e. The van der Waals surface area contributed by atoms with Crippen LogP contribution in [-0.2, 0) is 16.0 Å².